The van der Waals surface area contributed by atoms with Crippen molar-refractivity contribution in [2.45, 2.75) is 194 Å². The molecule has 0 spiro atoms. The molecular formula is C119H186N7O14+7. The van der Waals surface area contributed by atoms with E-state index in [4.69, 9.17) is 33.2 Å². The number of rotatable bonds is 51. The molecule has 2 unspecified atom stereocenters. The Morgan fingerprint density at radius 3 is 0.700 bits per heavy atom. The lowest BCUT2D eigenvalue weighted by Crippen LogP contribution is -2.53. The summed E-state index contributed by atoms with van der Waals surface area (Å²) >= 11 is 0. The maximum absolute atomic E-state index is 13.0. The van der Waals surface area contributed by atoms with E-state index in [1.807, 2.05) is 158 Å². The summed E-state index contributed by atoms with van der Waals surface area (Å²) in [5, 5.41) is 4.39. The topological polar surface area (TPSA) is 184 Å². The number of ether oxygens (including phenoxy) is 7. The van der Waals surface area contributed by atoms with E-state index in [1.165, 1.54) is 96.8 Å². The monoisotopic (exact) mass is 1940 g/mol. The molecule has 0 heterocycles. The predicted octanol–water partition coefficient (Wildman–Crippen LogP) is 23.0. The predicted molar refractivity (Wildman–Crippen MR) is 573 cm³/mol. The van der Waals surface area contributed by atoms with Crippen LogP contribution in [-0.2, 0) is 38.0 Å². The second-order valence-corrected chi connectivity index (χ2v) is 41.0. The van der Waals surface area contributed by atoms with Gasteiger partial charge in [0.25, 0.3) is 0 Å². The highest BCUT2D eigenvalue weighted by atomic mass is 16.6. The summed E-state index contributed by atoms with van der Waals surface area (Å²) in [7, 11) is 12.4. The Kier molecular flexibility index (Phi) is 55.2. The molecule has 0 saturated heterocycles. The van der Waals surface area contributed by atoms with Crippen molar-refractivity contribution < 1.29 is 98.1 Å². The molecule has 2 atom stereocenters. The van der Waals surface area contributed by atoms with Crippen LogP contribution in [0.4, 0.5) is 0 Å². The van der Waals surface area contributed by atoms with Gasteiger partial charge < -0.3 is 64.5 Å². The van der Waals surface area contributed by atoms with Gasteiger partial charge in [0, 0.05) is 0 Å². The van der Waals surface area contributed by atoms with E-state index < -0.39 is 0 Å². The summed E-state index contributed by atoms with van der Waals surface area (Å²) in [5.41, 5.74) is 3.65. The number of unbranched alkanes of at least 4 members (excludes halogenated alkanes) is 2. The van der Waals surface area contributed by atoms with Gasteiger partial charge in [-0.05, 0) is 251 Å². The third-order valence-electron chi connectivity index (χ3n) is 29.3. The first-order valence-corrected chi connectivity index (χ1v) is 53.4. The molecule has 4 aliphatic carbocycles. The van der Waals surface area contributed by atoms with Gasteiger partial charge in [-0.3, -0.25) is 4.79 Å². The van der Waals surface area contributed by atoms with Crippen LogP contribution in [0.3, 0.4) is 0 Å². The SMILES string of the molecule is CCCC[N+](CC)(CCC)CCOC(=O)C12CC3CC(CC(C3)C1)C2.CCCC[N+](CC)(CCC)CCOC(=O)c1ccccc1.CCC[N+](CC)(CCC)CCOC(=O)c1ccccc1.CC[N+](CC)(CC)CCOC(=O)c1ccc2ccccc2c1.CC[N+](CC)(CC)CCOC(=O)c1ccccc1.C[N+](C)(C)CCOC(=O)c1ccc2ccccc2c1.C[N+](C)(C)CCOC(=O)c1ccccc1. The van der Waals surface area contributed by atoms with E-state index in [-0.39, 0.29) is 47.2 Å². The van der Waals surface area contributed by atoms with Gasteiger partial charge in [-0.2, -0.15) is 0 Å². The first-order chi connectivity index (χ1) is 67.1. The molecule has 8 aromatic carbocycles. The molecule has 774 valence electrons. The van der Waals surface area contributed by atoms with Gasteiger partial charge in [0.1, 0.15) is 92.1 Å². The maximum Gasteiger partial charge on any atom is 0.338 e. The van der Waals surface area contributed by atoms with Crippen molar-refractivity contribution in [2.24, 2.45) is 23.2 Å². The van der Waals surface area contributed by atoms with Crippen LogP contribution in [0.25, 0.3) is 21.5 Å². The van der Waals surface area contributed by atoms with Crippen molar-refractivity contribution in [3.63, 3.8) is 0 Å². The highest BCUT2D eigenvalue weighted by molar-refractivity contribution is 5.97. The van der Waals surface area contributed by atoms with Crippen LogP contribution in [0.1, 0.15) is 256 Å². The molecule has 0 aromatic heterocycles. The molecule has 0 amide bonds. The van der Waals surface area contributed by atoms with Crippen LogP contribution in [0.15, 0.2) is 206 Å². The Balaban J connectivity index is 0.000000289. The van der Waals surface area contributed by atoms with Gasteiger partial charge in [-0.1, -0.05) is 188 Å². The summed E-state index contributed by atoms with van der Waals surface area (Å²) in [6.45, 7) is 60.0. The Morgan fingerprint density at radius 2 is 0.457 bits per heavy atom. The zero-order chi connectivity index (χ0) is 103. The second-order valence-electron chi connectivity index (χ2n) is 41.0. The standard InChI is InChI=1S/C22H40NO2.C19H26NO2.C18H30NO2.C17H28NO2.C16H20NO2.C15H24NO2.C12H18NO2/c1-4-7-9-23(6-3,8-5-2)10-11-25-21(24)22-15-18-12-19(16-22)14-20(13-18)17-22;1-4-20(5-2,6-3)13-14-22-19(21)18-12-11-16-9-7-8-10-17(16)15-18;1-4-7-14-19(6-3,13-5-2)15-16-21-18(20)17-11-9-8-10-12-17;1-4-12-18(6-3,13-5-2)14-15-20-17(19)16-10-8-7-9-11-16;1-17(2,3)10-11-19-16(18)15-9-8-13-6-4-5-7-14(13)12-15;1-4-16(5-2,6-3)12-13-18-15(17)14-10-8-7-9-11-14;1-13(2,3)9-10-15-12(14)11-7-5-4-6-8-11/h18-20H,4-17H2,1-3H3;7-12,15H,4-6,13-14H2,1-3H3;8-12H,4-7,13-16H2,1-3H3;7-11H,4-6,12-15H2,1-3H3;4-9,12H,10-11H2,1-3H3;7-11H,4-6,12-13H2,1-3H3;4-8H,9-10H2,1-3H3/q7*+1. The molecule has 8 aromatic rings. The zero-order valence-corrected chi connectivity index (χ0v) is 90.6. The molecule has 140 heavy (non-hydrogen) atoms. The van der Waals surface area contributed by atoms with Crippen LogP contribution in [-0.4, -0.2) is 306 Å². The molecule has 4 fully saturated rings. The third kappa shape index (κ3) is 42.4. The van der Waals surface area contributed by atoms with Crippen LogP contribution >= 0.6 is 0 Å². The largest absolute Gasteiger partial charge is 0.459 e. The number of likely N-dealkylation sites (N-methyl/N-ethyl adjacent to an activating group) is 7. The number of carbonyl (C=O) groups excluding carboxylic acids is 7. The van der Waals surface area contributed by atoms with E-state index in [9.17, 15) is 33.6 Å². The minimum absolute atomic E-state index is 0.0925. The first-order valence-electron chi connectivity index (χ1n) is 53.4. The van der Waals surface area contributed by atoms with E-state index in [0.717, 1.165) is 208 Å². The smallest absolute Gasteiger partial charge is 0.338 e. The van der Waals surface area contributed by atoms with Gasteiger partial charge in [-0.15, -0.1) is 0 Å². The average molecular weight is 1940 g/mol. The summed E-state index contributed by atoms with van der Waals surface area (Å²) in [6.07, 6.45) is 17.2. The number of hydrogen-bond acceptors (Lipinski definition) is 14. The quantitative estimate of drug-likeness (QED) is 0.0199. The summed E-state index contributed by atoms with van der Waals surface area (Å²) < 4.78 is 44.9. The van der Waals surface area contributed by atoms with Crippen molar-refractivity contribution in [1.82, 2.24) is 0 Å². The molecule has 4 bridgehead atoms. The van der Waals surface area contributed by atoms with Crippen LogP contribution in [0, 0.1) is 23.2 Å². The highest BCUT2D eigenvalue weighted by Gasteiger charge is 2.56. The van der Waals surface area contributed by atoms with E-state index in [2.05, 4.69) is 146 Å². The number of benzene rings is 8. The number of quaternary nitrogens is 7. The number of nitrogens with zero attached hydrogens (tertiary/aromatic N) is 7. The average Bonchev–Trinajstić information content (AvgIpc) is 0.739. The number of fused-ring (bicyclic) bond motifs is 2. The van der Waals surface area contributed by atoms with E-state index >= 15 is 0 Å². The summed E-state index contributed by atoms with van der Waals surface area (Å²) in [4.78, 5) is 84.3. The maximum atomic E-state index is 13.0. The molecule has 12 rings (SSSR count). The molecule has 0 N–H and O–H groups in total. The molecule has 4 saturated carbocycles. The first kappa shape index (κ1) is 121. The van der Waals surface area contributed by atoms with Crippen molar-refractivity contribution in [1.29, 1.82) is 0 Å². The zero-order valence-electron chi connectivity index (χ0n) is 90.6. The Hall–Kier alpha value is -9.71. The Labute approximate surface area is 845 Å². The number of carbonyl (C=O) groups is 7. The number of esters is 7. The normalized spacial score (nSPS) is 16.1. The fourth-order valence-corrected chi connectivity index (χ4v) is 20.0. The summed E-state index contributed by atoms with van der Waals surface area (Å²) in [5.74, 6) is 1.22. The van der Waals surface area contributed by atoms with E-state index in [1.54, 1.807) is 48.5 Å². The van der Waals surface area contributed by atoms with Crippen molar-refractivity contribution >= 4 is 63.3 Å². The third-order valence-corrected chi connectivity index (χ3v) is 29.3. The molecule has 0 aliphatic heterocycles. The molecule has 0 radical (unpaired) electrons. The van der Waals surface area contributed by atoms with Crippen molar-refractivity contribution in [3.8, 4) is 0 Å². The lowest BCUT2D eigenvalue weighted by molar-refractivity contribution is -0.927. The Morgan fingerprint density at radius 1 is 0.236 bits per heavy atom. The minimum Gasteiger partial charge on any atom is -0.459 e. The van der Waals surface area contributed by atoms with Gasteiger partial charge in [-0.25, -0.2) is 28.8 Å². The lowest BCUT2D eigenvalue weighted by atomic mass is 9.49. The second kappa shape index (κ2) is 64.0. The molecule has 21 nitrogen and oxygen atoms in total. The van der Waals surface area contributed by atoms with Gasteiger partial charge in [0.05, 0.1) is 179 Å². The van der Waals surface area contributed by atoms with Gasteiger partial charge in [0.2, 0.25) is 0 Å². The van der Waals surface area contributed by atoms with Gasteiger partial charge >= 0.3 is 41.8 Å². The molecular weight excluding hydrogens is 1750 g/mol. The fraction of sp³-hybridized carbons (Fsp3) is 0.571. The van der Waals surface area contributed by atoms with Gasteiger partial charge in [0.15, 0.2) is 0 Å². The van der Waals surface area contributed by atoms with Crippen molar-refractivity contribution in [2.75, 3.05) is 233 Å². The van der Waals surface area contributed by atoms with Crippen LogP contribution in [0.5, 0.6) is 0 Å². The molecule has 21 heteroatoms. The lowest BCUT2D eigenvalue weighted by Gasteiger charge is -2.55. The summed E-state index contributed by atoms with van der Waals surface area (Å²) in [6, 6.07) is 64.0. The van der Waals surface area contributed by atoms with Crippen LogP contribution in [0.2, 0.25) is 0 Å². The Bertz CT molecular complexity index is 4760. The van der Waals surface area contributed by atoms with E-state index in [0.29, 0.717) is 79.6 Å². The minimum atomic E-state index is -0.251. The fourth-order valence-electron chi connectivity index (χ4n) is 20.0. The number of hydrogen-bond donors (Lipinski definition) is 0. The van der Waals surface area contributed by atoms with Crippen molar-refractivity contribution in [3.05, 3.63) is 240 Å². The highest BCUT2D eigenvalue weighted by Crippen LogP contribution is 2.60. The molecule has 4 aliphatic rings. The van der Waals surface area contributed by atoms with Crippen LogP contribution < -0.4 is 0 Å².